The molecule has 0 aliphatic heterocycles. The maximum Gasteiger partial charge on any atom is 0.166 e. The van der Waals surface area contributed by atoms with Crippen LogP contribution in [0.25, 0.3) is 0 Å². The van der Waals surface area contributed by atoms with Crippen LogP contribution < -0.4 is 0 Å². The first-order chi connectivity index (χ1) is 7.40. The molecule has 0 aliphatic carbocycles. The molecule has 2 rings (SSSR count). The Hall–Kier alpha value is -1.91. The lowest BCUT2D eigenvalue weighted by atomic mass is 10.4. The molecule has 2 aromatic heterocycles. The minimum Gasteiger partial charge on any atom is -0.345 e. The van der Waals surface area contributed by atoms with E-state index in [1.165, 1.54) is 0 Å². The standard InChI is InChI=1S/C10H12N4O/c15-9-10-3-1-5-13(10)6-2-7-14-8-4-11-12-14/h1,3-5,8-9H,2,6-7H2. The van der Waals surface area contributed by atoms with Crippen LogP contribution >= 0.6 is 0 Å². The Kier molecular flexibility index (Phi) is 2.92. The molecule has 0 aromatic carbocycles. The number of carbonyl (C=O) groups excluding carboxylic acids is 1. The minimum absolute atomic E-state index is 0.716. The third kappa shape index (κ3) is 2.31. The molecule has 0 fully saturated rings. The molecule has 2 aromatic rings. The third-order valence-corrected chi connectivity index (χ3v) is 2.24. The lowest BCUT2D eigenvalue weighted by molar-refractivity contribution is 0.111. The minimum atomic E-state index is 0.716. The molecule has 0 N–H and O–H groups in total. The van der Waals surface area contributed by atoms with Gasteiger partial charge in [0, 0.05) is 25.5 Å². The first-order valence-corrected chi connectivity index (χ1v) is 4.84. The summed E-state index contributed by atoms with van der Waals surface area (Å²) in [6.07, 6.45) is 7.20. The Morgan fingerprint density at radius 2 is 2.27 bits per heavy atom. The van der Waals surface area contributed by atoms with Crippen molar-refractivity contribution in [3.63, 3.8) is 0 Å². The molecule has 78 valence electrons. The van der Waals surface area contributed by atoms with E-state index in [1.807, 2.05) is 29.1 Å². The van der Waals surface area contributed by atoms with E-state index < -0.39 is 0 Å². The average molecular weight is 204 g/mol. The predicted octanol–water partition coefficient (Wildman–Crippen LogP) is 0.982. The maximum absolute atomic E-state index is 10.6. The van der Waals surface area contributed by atoms with Gasteiger partial charge >= 0.3 is 0 Å². The van der Waals surface area contributed by atoms with Gasteiger partial charge in [-0.1, -0.05) is 5.21 Å². The number of hydrogen-bond acceptors (Lipinski definition) is 3. The van der Waals surface area contributed by atoms with Crippen LogP contribution in [-0.2, 0) is 13.1 Å². The fraction of sp³-hybridized carbons (Fsp3) is 0.300. The number of aromatic nitrogens is 4. The van der Waals surface area contributed by atoms with Gasteiger partial charge in [0.15, 0.2) is 6.29 Å². The smallest absolute Gasteiger partial charge is 0.166 e. The van der Waals surface area contributed by atoms with E-state index in [1.54, 1.807) is 10.9 Å². The molecule has 0 radical (unpaired) electrons. The molecule has 5 nitrogen and oxygen atoms in total. The van der Waals surface area contributed by atoms with E-state index in [9.17, 15) is 4.79 Å². The number of hydrogen-bond donors (Lipinski definition) is 0. The van der Waals surface area contributed by atoms with Crippen LogP contribution in [0.2, 0.25) is 0 Å². The lowest BCUT2D eigenvalue weighted by Gasteiger charge is -2.04. The molecule has 0 atom stereocenters. The number of aryl methyl sites for hydroxylation is 2. The summed E-state index contributed by atoms with van der Waals surface area (Å²) in [5.41, 5.74) is 0.716. The highest BCUT2D eigenvalue weighted by Gasteiger charge is 1.98. The molecular weight excluding hydrogens is 192 g/mol. The maximum atomic E-state index is 10.6. The van der Waals surface area contributed by atoms with Gasteiger partial charge in [0.25, 0.3) is 0 Å². The zero-order valence-electron chi connectivity index (χ0n) is 8.28. The fourth-order valence-corrected chi connectivity index (χ4v) is 1.49. The van der Waals surface area contributed by atoms with Crippen molar-refractivity contribution in [1.29, 1.82) is 0 Å². The van der Waals surface area contributed by atoms with Gasteiger partial charge in [-0.25, -0.2) is 0 Å². The lowest BCUT2D eigenvalue weighted by Crippen LogP contribution is -2.06. The van der Waals surface area contributed by atoms with Gasteiger partial charge in [-0.05, 0) is 18.6 Å². The van der Waals surface area contributed by atoms with E-state index >= 15 is 0 Å². The number of rotatable bonds is 5. The molecule has 0 bridgehead atoms. The van der Waals surface area contributed by atoms with Crippen molar-refractivity contribution in [1.82, 2.24) is 19.6 Å². The molecule has 0 spiro atoms. The molecule has 0 saturated carbocycles. The second-order valence-electron chi connectivity index (χ2n) is 3.26. The van der Waals surface area contributed by atoms with Crippen LogP contribution in [0.5, 0.6) is 0 Å². The molecule has 0 aliphatic rings. The van der Waals surface area contributed by atoms with Crippen molar-refractivity contribution in [2.75, 3.05) is 0 Å². The monoisotopic (exact) mass is 204 g/mol. The Balaban J connectivity index is 1.86. The second kappa shape index (κ2) is 4.54. The molecule has 5 heteroatoms. The summed E-state index contributed by atoms with van der Waals surface area (Å²) in [6.45, 7) is 1.64. The van der Waals surface area contributed by atoms with Crippen LogP contribution in [0.15, 0.2) is 30.7 Å². The van der Waals surface area contributed by atoms with E-state index in [-0.39, 0.29) is 0 Å². The molecule has 2 heterocycles. The summed E-state index contributed by atoms with van der Waals surface area (Å²) in [7, 11) is 0. The zero-order valence-corrected chi connectivity index (χ0v) is 8.28. The van der Waals surface area contributed by atoms with Crippen molar-refractivity contribution in [3.8, 4) is 0 Å². The van der Waals surface area contributed by atoms with Gasteiger partial charge in [0.1, 0.15) is 0 Å². The zero-order chi connectivity index (χ0) is 10.5. The Morgan fingerprint density at radius 1 is 1.33 bits per heavy atom. The van der Waals surface area contributed by atoms with Gasteiger partial charge in [-0.3, -0.25) is 9.48 Å². The second-order valence-corrected chi connectivity index (χ2v) is 3.26. The molecule has 0 unspecified atom stereocenters. The molecule has 0 amide bonds. The van der Waals surface area contributed by atoms with Gasteiger partial charge in [0.05, 0.1) is 11.9 Å². The quantitative estimate of drug-likeness (QED) is 0.682. The van der Waals surface area contributed by atoms with Crippen LogP contribution in [0, 0.1) is 0 Å². The topological polar surface area (TPSA) is 52.7 Å². The Morgan fingerprint density at radius 3 is 3.00 bits per heavy atom. The third-order valence-electron chi connectivity index (χ3n) is 2.24. The highest BCUT2D eigenvalue weighted by atomic mass is 16.1. The highest BCUT2D eigenvalue weighted by Crippen LogP contribution is 2.01. The first kappa shape index (κ1) is 9.64. The van der Waals surface area contributed by atoms with Crippen molar-refractivity contribution in [3.05, 3.63) is 36.4 Å². The first-order valence-electron chi connectivity index (χ1n) is 4.84. The van der Waals surface area contributed by atoms with Crippen LogP contribution in [0.4, 0.5) is 0 Å². The van der Waals surface area contributed by atoms with E-state index in [2.05, 4.69) is 10.3 Å². The van der Waals surface area contributed by atoms with Crippen molar-refractivity contribution in [2.24, 2.45) is 0 Å². The van der Waals surface area contributed by atoms with Gasteiger partial charge in [0.2, 0.25) is 0 Å². The van der Waals surface area contributed by atoms with Gasteiger partial charge in [-0.2, -0.15) is 0 Å². The molecule has 15 heavy (non-hydrogen) atoms. The summed E-state index contributed by atoms with van der Waals surface area (Å²) >= 11 is 0. The largest absolute Gasteiger partial charge is 0.345 e. The summed E-state index contributed by atoms with van der Waals surface area (Å²) in [6, 6.07) is 3.68. The number of nitrogens with zero attached hydrogens (tertiary/aromatic N) is 4. The van der Waals surface area contributed by atoms with E-state index in [4.69, 9.17) is 0 Å². The van der Waals surface area contributed by atoms with Crippen molar-refractivity contribution in [2.45, 2.75) is 19.5 Å². The van der Waals surface area contributed by atoms with Crippen molar-refractivity contribution < 1.29 is 4.79 Å². The fourth-order valence-electron chi connectivity index (χ4n) is 1.49. The van der Waals surface area contributed by atoms with Crippen molar-refractivity contribution >= 4 is 6.29 Å². The SMILES string of the molecule is O=Cc1cccn1CCCn1ccnn1. The summed E-state index contributed by atoms with van der Waals surface area (Å²) < 4.78 is 3.72. The predicted molar refractivity (Wildman–Crippen MR) is 54.5 cm³/mol. The van der Waals surface area contributed by atoms with Crippen LogP contribution in [0.3, 0.4) is 0 Å². The summed E-state index contributed by atoms with van der Waals surface area (Å²) in [4.78, 5) is 10.6. The molecular formula is C10H12N4O. The molecule has 0 saturated heterocycles. The average Bonchev–Trinajstić information content (AvgIpc) is 2.88. The highest BCUT2D eigenvalue weighted by molar-refractivity contribution is 5.72. The van der Waals surface area contributed by atoms with Crippen LogP contribution in [-0.4, -0.2) is 25.8 Å². The Labute approximate surface area is 87.3 Å². The Bertz CT molecular complexity index is 418. The van der Waals surface area contributed by atoms with E-state index in [0.29, 0.717) is 5.69 Å². The van der Waals surface area contributed by atoms with Gasteiger partial charge in [-0.15, -0.1) is 5.10 Å². The summed E-state index contributed by atoms with van der Waals surface area (Å²) in [5.74, 6) is 0. The number of carbonyl (C=O) groups is 1. The van der Waals surface area contributed by atoms with Gasteiger partial charge < -0.3 is 4.57 Å². The normalized spacial score (nSPS) is 10.4. The van der Waals surface area contributed by atoms with Crippen LogP contribution in [0.1, 0.15) is 16.9 Å². The summed E-state index contributed by atoms with van der Waals surface area (Å²) in [5, 5.41) is 7.59. The number of aldehydes is 1. The van der Waals surface area contributed by atoms with E-state index in [0.717, 1.165) is 25.8 Å².